The van der Waals surface area contributed by atoms with Gasteiger partial charge >= 0.3 is 5.97 Å². The monoisotopic (exact) mass is 204 g/mol. The third kappa shape index (κ3) is 0.797. The molecule has 0 N–H and O–H groups in total. The highest BCUT2D eigenvalue weighted by atomic mass is 79.9. The fraction of sp³-hybridized carbons (Fsp3) is 0.857. The molecule has 0 aromatic carbocycles. The minimum atomic E-state index is 0.00405. The fourth-order valence-corrected chi connectivity index (χ4v) is 2.58. The number of carbonyl (C=O) groups is 1. The smallest absolute Gasteiger partial charge is 0.310 e. The van der Waals surface area contributed by atoms with E-state index in [9.17, 15) is 4.79 Å². The van der Waals surface area contributed by atoms with Crippen molar-refractivity contribution in [3.05, 3.63) is 0 Å². The van der Waals surface area contributed by atoms with E-state index in [0.29, 0.717) is 4.83 Å². The van der Waals surface area contributed by atoms with Crippen LogP contribution in [0.15, 0.2) is 0 Å². The average Bonchev–Trinajstić information content (AvgIpc) is 2.16. The van der Waals surface area contributed by atoms with Crippen LogP contribution in [0.3, 0.4) is 0 Å². The summed E-state index contributed by atoms with van der Waals surface area (Å²) in [6.45, 7) is 0. The van der Waals surface area contributed by atoms with Crippen LogP contribution in [-0.4, -0.2) is 16.9 Å². The zero-order valence-corrected chi connectivity index (χ0v) is 7.13. The molecule has 3 unspecified atom stereocenters. The van der Waals surface area contributed by atoms with Gasteiger partial charge in [0.05, 0.1) is 10.7 Å². The molecule has 0 radical (unpaired) electrons. The Hall–Kier alpha value is -0.0500. The zero-order chi connectivity index (χ0) is 7.14. The van der Waals surface area contributed by atoms with Gasteiger partial charge in [0.15, 0.2) is 0 Å². The van der Waals surface area contributed by atoms with Crippen molar-refractivity contribution in [3.8, 4) is 0 Å². The van der Waals surface area contributed by atoms with Crippen LogP contribution in [0.2, 0.25) is 0 Å². The average molecular weight is 205 g/mol. The van der Waals surface area contributed by atoms with Gasteiger partial charge in [0.2, 0.25) is 0 Å². The molecule has 1 aliphatic heterocycles. The molecule has 0 aromatic rings. The number of carbonyl (C=O) groups excluding carboxylic acids is 1. The molecule has 56 valence electrons. The maximum atomic E-state index is 11.0. The van der Waals surface area contributed by atoms with Crippen molar-refractivity contribution in [1.82, 2.24) is 0 Å². The summed E-state index contributed by atoms with van der Waals surface area (Å²) in [5, 5.41) is 0. The van der Waals surface area contributed by atoms with Gasteiger partial charge in [0.1, 0.15) is 6.10 Å². The summed E-state index contributed by atoms with van der Waals surface area (Å²) in [7, 11) is 0. The van der Waals surface area contributed by atoms with Crippen LogP contribution in [0.5, 0.6) is 0 Å². The van der Waals surface area contributed by atoms with Gasteiger partial charge in [0, 0.05) is 0 Å². The van der Waals surface area contributed by atoms with E-state index in [1.54, 1.807) is 0 Å². The summed E-state index contributed by atoms with van der Waals surface area (Å²) in [4.78, 5) is 11.3. The second kappa shape index (κ2) is 2.22. The van der Waals surface area contributed by atoms with Crippen molar-refractivity contribution in [2.75, 3.05) is 0 Å². The molecule has 1 aliphatic carbocycles. The molecule has 2 fully saturated rings. The van der Waals surface area contributed by atoms with Crippen LogP contribution in [-0.2, 0) is 9.53 Å². The summed E-state index contributed by atoms with van der Waals surface area (Å²) < 4.78 is 5.11. The predicted octanol–water partition coefficient (Wildman–Crippen LogP) is 1.48. The predicted molar refractivity (Wildman–Crippen MR) is 39.9 cm³/mol. The first kappa shape index (κ1) is 6.65. The molecular weight excluding hydrogens is 196 g/mol. The van der Waals surface area contributed by atoms with Gasteiger partial charge < -0.3 is 4.74 Å². The zero-order valence-electron chi connectivity index (χ0n) is 5.55. The fourth-order valence-electron chi connectivity index (χ4n) is 1.72. The van der Waals surface area contributed by atoms with Crippen molar-refractivity contribution >= 4 is 21.9 Å². The molecule has 1 saturated heterocycles. The maximum Gasteiger partial charge on any atom is 0.310 e. The Kier molecular flexibility index (Phi) is 1.48. The first-order valence-electron chi connectivity index (χ1n) is 3.63. The molecule has 0 amide bonds. The third-order valence-electron chi connectivity index (χ3n) is 2.31. The Morgan fingerprint density at radius 1 is 1.50 bits per heavy atom. The van der Waals surface area contributed by atoms with Crippen molar-refractivity contribution in [1.29, 1.82) is 0 Å². The van der Waals surface area contributed by atoms with E-state index in [4.69, 9.17) is 4.74 Å². The van der Waals surface area contributed by atoms with Gasteiger partial charge in [-0.05, 0) is 19.3 Å². The van der Waals surface area contributed by atoms with Gasteiger partial charge in [-0.25, -0.2) is 0 Å². The molecule has 1 heterocycles. The Morgan fingerprint density at radius 3 is 2.90 bits per heavy atom. The lowest BCUT2D eigenvalue weighted by Crippen LogP contribution is -2.25. The second-order valence-electron chi connectivity index (χ2n) is 2.96. The topological polar surface area (TPSA) is 26.3 Å². The quantitative estimate of drug-likeness (QED) is 0.442. The van der Waals surface area contributed by atoms with E-state index >= 15 is 0 Å². The highest BCUT2D eigenvalue weighted by Gasteiger charge is 2.45. The highest BCUT2D eigenvalue weighted by molar-refractivity contribution is 9.09. The summed E-state index contributed by atoms with van der Waals surface area (Å²) in [6, 6.07) is 0. The van der Waals surface area contributed by atoms with Crippen LogP contribution >= 0.6 is 15.9 Å². The lowest BCUT2D eigenvalue weighted by Gasteiger charge is -2.19. The van der Waals surface area contributed by atoms with Gasteiger partial charge in [0.25, 0.3) is 0 Å². The number of esters is 1. The van der Waals surface area contributed by atoms with Crippen molar-refractivity contribution in [3.63, 3.8) is 0 Å². The van der Waals surface area contributed by atoms with Gasteiger partial charge in [-0.1, -0.05) is 15.9 Å². The Balaban J connectivity index is 2.22. The number of hydrogen-bond acceptors (Lipinski definition) is 2. The van der Waals surface area contributed by atoms with Crippen LogP contribution in [0, 0.1) is 5.92 Å². The molecule has 10 heavy (non-hydrogen) atoms. The molecule has 2 rings (SSSR count). The number of halogens is 1. The molecule has 1 saturated carbocycles. The van der Waals surface area contributed by atoms with E-state index < -0.39 is 0 Å². The normalized spacial score (nSPS) is 45.3. The van der Waals surface area contributed by atoms with Crippen molar-refractivity contribution in [2.24, 2.45) is 5.92 Å². The third-order valence-corrected chi connectivity index (χ3v) is 3.54. The Bertz CT molecular complexity index is 169. The molecule has 0 aromatic heterocycles. The van der Waals surface area contributed by atoms with Gasteiger partial charge in [-0.2, -0.15) is 0 Å². The standard InChI is InChI=1S/C7H9BrO2/c8-6-4-2-1-3-5(6)10-7(4)9/h4-6H,1-3H2. The molecule has 2 nitrogen and oxygen atoms in total. The first-order valence-corrected chi connectivity index (χ1v) is 4.55. The highest BCUT2D eigenvalue weighted by Crippen LogP contribution is 2.38. The van der Waals surface area contributed by atoms with Gasteiger partial charge in [-0.3, -0.25) is 4.79 Å². The summed E-state index contributed by atoms with van der Waals surface area (Å²) in [6.07, 6.45) is 3.36. The summed E-state index contributed by atoms with van der Waals surface area (Å²) >= 11 is 3.48. The number of fused-ring (bicyclic) bond motifs is 2. The van der Waals surface area contributed by atoms with Crippen molar-refractivity contribution in [2.45, 2.75) is 30.2 Å². The first-order chi connectivity index (χ1) is 4.79. The van der Waals surface area contributed by atoms with Crippen LogP contribution in [0.4, 0.5) is 0 Å². The van der Waals surface area contributed by atoms with E-state index in [0.717, 1.165) is 19.3 Å². The summed E-state index contributed by atoms with van der Waals surface area (Å²) in [5.74, 6) is 0.156. The number of hydrogen-bond donors (Lipinski definition) is 0. The number of ether oxygens (including phenoxy) is 1. The molecule has 3 atom stereocenters. The Labute approximate surface area is 68.1 Å². The van der Waals surface area contributed by atoms with Gasteiger partial charge in [-0.15, -0.1) is 0 Å². The van der Waals surface area contributed by atoms with E-state index in [2.05, 4.69) is 15.9 Å². The van der Waals surface area contributed by atoms with E-state index in [-0.39, 0.29) is 18.0 Å². The molecule has 2 bridgehead atoms. The Morgan fingerprint density at radius 2 is 2.30 bits per heavy atom. The summed E-state index contributed by atoms with van der Waals surface area (Å²) in [5.41, 5.74) is 0. The largest absolute Gasteiger partial charge is 0.461 e. The van der Waals surface area contributed by atoms with Crippen LogP contribution < -0.4 is 0 Å². The molecule has 3 heteroatoms. The minimum absolute atomic E-state index is 0.00405. The van der Waals surface area contributed by atoms with E-state index in [1.807, 2.05) is 0 Å². The van der Waals surface area contributed by atoms with Crippen LogP contribution in [0.25, 0.3) is 0 Å². The van der Waals surface area contributed by atoms with E-state index in [1.165, 1.54) is 0 Å². The minimum Gasteiger partial charge on any atom is -0.461 e. The molecule has 0 spiro atoms. The maximum absolute atomic E-state index is 11.0. The number of alkyl halides is 1. The van der Waals surface area contributed by atoms with Crippen LogP contribution in [0.1, 0.15) is 19.3 Å². The molecular formula is C7H9BrO2. The second-order valence-corrected chi connectivity index (χ2v) is 4.01. The van der Waals surface area contributed by atoms with Crippen molar-refractivity contribution < 1.29 is 9.53 Å². The number of rotatable bonds is 0. The SMILES string of the molecule is O=C1OC2CCCC1C2Br. The lowest BCUT2D eigenvalue weighted by molar-refractivity contribution is -0.143. The molecule has 2 aliphatic rings. The lowest BCUT2D eigenvalue weighted by atomic mass is 9.90.